The largest absolute Gasteiger partial charge is 0.356 e. The molecule has 0 bridgehead atoms. The minimum absolute atomic E-state index is 0. The highest BCUT2D eigenvalue weighted by atomic mass is 127. The quantitative estimate of drug-likeness (QED) is 0.307. The number of imidazole rings is 1. The van der Waals surface area contributed by atoms with Crippen molar-refractivity contribution < 1.29 is 0 Å². The van der Waals surface area contributed by atoms with Crippen LogP contribution >= 0.6 is 24.0 Å². The van der Waals surface area contributed by atoms with Crippen molar-refractivity contribution in [3.63, 3.8) is 0 Å². The zero-order valence-corrected chi connectivity index (χ0v) is 17.8. The number of aliphatic imine (C=N–C) groups is 1. The summed E-state index contributed by atoms with van der Waals surface area (Å²) in [6.07, 6.45) is 0.818. The third-order valence-corrected chi connectivity index (χ3v) is 4.26. The molecule has 3 aromatic rings. The van der Waals surface area contributed by atoms with Crippen LogP contribution in [0.3, 0.4) is 0 Å². The molecule has 3 N–H and O–H groups in total. The van der Waals surface area contributed by atoms with Crippen molar-refractivity contribution in [3.8, 4) is 0 Å². The molecule has 0 aliphatic rings. The molecule has 0 amide bonds. The van der Waals surface area contributed by atoms with Crippen LogP contribution in [-0.2, 0) is 13.0 Å². The summed E-state index contributed by atoms with van der Waals surface area (Å²) in [6, 6.07) is 14.6. The number of rotatable bonds is 5. The van der Waals surface area contributed by atoms with Gasteiger partial charge in [-0.1, -0.05) is 35.9 Å². The lowest BCUT2D eigenvalue weighted by Gasteiger charge is -2.13. The van der Waals surface area contributed by atoms with Crippen LogP contribution in [0.5, 0.6) is 0 Å². The minimum Gasteiger partial charge on any atom is -0.356 e. The Kier molecular flexibility index (Phi) is 7.44. The molecule has 0 fully saturated rings. The van der Waals surface area contributed by atoms with Gasteiger partial charge in [0.2, 0.25) is 0 Å². The van der Waals surface area contributed by atoms with E-state index in [1.807, 2.05) is 24.3 Å². The van der Waals surface area contributed by atoms with Crippen molar-refractivity contribution in [2.45, 2.75) is 26.8 Å². The number of hydrogen-bond acceptors (Lipinski definition) is 2. The van der Waals surface area contributed by atoms with Crippen molar-refractivity contribution in [2.24, 2.45) is 4.99 Å². The highest BCUT2D eigenvalue weighted by Gasteiger charge is 2.04. The standard InChI is InChI=1S/C20H25N5.HI/c1-14-8-9-16(15(2)12-14)13-23-20(21-3)22-11-10-19-24-17-6-4-5-7-18(17)25-19;/h4-9,12H,10-11,13H2,1-3H3,(H,24,25)(H2,21,22,23);1H. The predicted octanol–water partition coefficient (Wildman–Crippen LogP) is 3.71. The number of aromatic amines is 1. The van der Waals surface area contributed by atoms with E-state index in [1.165, 1.54) is 16.7 Å². The first kappa shape index (κ1) is 20.2. The van der Waals surface area contributed by atoms with Gasteiger partial charge in [-0.15, -0.1) is 24.0 Å². The predicted molar refractivity (Wildman–Crippen MR) is 119 cm³/mol. The SMILES string of the molecule is CN=C(NCCc1nc2ccccc2[nH]1)NCc1ccc(C)cc1C.I. The van der Waals surface area contributed by atoms with Gasteiger partial charge in [0.25, 0.3) is 0 Å². The zero-order chi connectivity index (χ0) is 17.6. The van der Waals surface area contributed by atoms with Crippen molar-refractivity contribution in [1.29, 1.82) is 0 Å². The lowest BCUT2D eigenvalue weighted by atomic mass is 10.1. The van der Waals surface area contributed by atoms with E-state index in [2.05, 4.69) is 57.6 Å². The summed E-state index contributed by atoms with van der Waals surface area (Å²) in [6.45, 7) is 5.79. The van der Waals surface area contributed by atoms with E-state index in [4.69, 9.17) is 0 Å². The molecule has 0 unspecified atom stereocenters. The Labute approximate surface area is 171 Å². The number of halogens is 1. The third-order valence-electron chi connectivity index (χ3n) is 4.26. The molecule has 2 aromatic carbocycles. The third kappa shape index (κ3) is 5.20. The number of aryl methyl sites for hydroxylation is 2. The fraction of sp³-hybridized carbons (Fsp3) is 0.300. The highest BCUT2D eigenvalue weighted by molar-refractivity contribution is 14.0. The Hall–Kier alpha value is -2.09. The van der Waals surface area contributed by atoms with Crippen LogP contribution in [0.25, 0.3) is 11.0 Å². The molecule has 0 saturated heterocycles. The van der Waals surface area contributed by atoms with Crippen LogP contribution < -0.4 is 10.6 Å². The molecule has 0 spiro atoms. The number of aromatic nitrogens is 2. The van der Waals surface area contributed by atoms with Crippen LogP contribution in [0.1, 0.15) is 22.5 Å². The smallest absolute Gasteiger partial charge is 0.191 e. The van der Waals surface area contributed by atoms with Gasteiger partial charge < -0.3 is 15.6 Å². The summed E-state index contributed by atoms with van der Waals surface area (Å²) in [5.41, 5.74) is 5.95. The maximum absolute atomic E-state index is 4.59. The van der Waals surface area contributed by atoms with Gasteiger partial charge in [0.05, 0.1) is 11.0 Å². The number of hydrogen-bond donors (Lipinski definition) is 3. The maximum Gasteiger partial charge on any atom is 0.191 e. The molecule has 5 nitrogen and oxygen atoms in total. The summed E-state index contributed by atoms with van der Waals surface area (Å²) in [7, 11) is 1.79. The maximum atomic E-state index is 4.59. The van der Waals surface area contributed by atoms with E-state index in [1.54, 1.807) is 7.05 Å². The monoisotopic (exact) mass is 463 g/mol. The average Bonchev–Trinajstić information content (AvgIpc) is 3.02. The first-order valence-corrected chi connectivity index (χ1v) is 8.60. The Morgan fingerprint density at radius 2 is 1.92 bits per heavy atom. The molecule has 1 aromatic heterocycles. The molecule has 0 atom stereocenters. The number of nitrogens with one attached hydrogen (secondary N) is 3. The zero-order valence-electron chi connectivity index (χ0n) is 15.5. The molecule has 0 saturated carbocycles. The van der Waals surface area contributed by atoms with Crippen molar-refractivity contribution in [2.75, 3.05) is 13.6 Å². The molecular weight excluding hydrogens is 437 g/mol. The van der Waals surface area contributed by atoms with Gasteiger partial charge in [-0.3, -0.25) is 4.99 Å². The van der Waals surface area contributed by atoms with Crippen molar-refractivity contribution >= 4 is 41.0 Å². The Morgan fingerprint density at radius 3 is 2.65 bits per heavy atom. The molecule has 138 valence electrons. The molecule has 0 aliphatic heterocycles. The molecule has 26 heavy (non-hydrogen) atoms. The minimum atomic E-state index is 0. The van der Waals surface area contributed by atoms with Crippen LogP contribution in [0.4, 0.5) is 0 Å². The molecule has 0 aliphatic carbocycles. The van der Waals surface area contributed by atoms with E-state index in [9.17, 15) is 0 Å². The Balaban J connectivity index is 0.00000243. The number of fused-ring (bicyclic) bond motifs is 1. The number of nitrogens with zero attached hydrogens (tertiary/aromatic N) is 2. The Morgan fingerprint density at radius 1 is 1.12 bits per heavy atom. The summed E-state index contributed by atoms with van der Waals surface area (Å²) < 4.78 is 0. The van der Waals surface area contributed by atoms with Gasteiger partial charge in [0.1, 0.15) is 5.82 Å². The molecule has 6 heteroatoms. The molecule has 0 radical (unpaired) electrons. The topological polar surface area (TPSA) is 65.1 Å². The van der Waals surface area contributed by atoms with Gasteiger partial charge in [0, 0.05) is 26.6 Å². The number of H-pyrrole nitrogens is 1. The van der Waals surface area contributed by atoms with Crippen LogP contribution in [0.2, 0.25) is 0 Å². The van der Waals surface area contributed by atoms with E-state index in [-0.39, 0.29) is 24.0 Å². The van der Waals surface area contributed by atoms with E-state index >= 15 is 0 Å². The fourth-order valence-corrected chi connectivity index (χ4v) is 2.87. The second-order valence-electron chi connectivity index (χ2n) is 6.23. The van der Waals surface area contributed by atoms with Crippen molar-refractivity contribution in [3.05, 3.63) is 65.0 Å². The first-order valence-electron chi connectivity index (χ1n) is 8.60. The van der Waals surface area contributed by atoms with Crippen LogP contribution in [0.15, 0.2) is 47.5 Å². The van der Waals surface area contributed by atoms with E-state index in [0.717, 1.165) is 42.3 Å². The van der Waals surface area contributed by atoms with E-state index in [0.29, 0.717) is 0 Å². The normalized spacial score (nSPS) is 11.3. The van der Waals surface area contributed by atoms with Gasteiger partial charge >= 0.3 is 0 Å². The van der Waals surface area contributed by atoms with E-state index < -0.39 is 0 Å². The number of guanidine groups is 1. The Bertz CT molecular complexity index is 852. The summed E-state index contributed by atoms with van der Waals surface area (Å²) in [5.74, 6) is 1.79. The average molecular weight is 463 g/mol. The summed E-state index contributed by atoms with van der Waals surface area (Å²) in [5, 5.41) is 6.71. The van der Waals surface area contributed by atoms with Gasteiger partial charge in [0.15, 0.2) is 5.96 Å². The van der Waals surface area contributed by atoms with Gasteiger partial charge in [-0.25, -0.2) is 4.98 Å². The van der Waals surface area contributed by atoms with Gasteiger partial charge in [-0.2, -0.15) is 0 Å². The van der Waals surface area contributed by atoms with Crippen LogP contribution in [-0.4, -0.2) is 29.5 Å². The highest BCUT2D eigenvalue weighted by Crippen LogP contribution is 2.11. The lowest BCUT2D eigenvalue weighted by molar-refractivity contribution is 0.775. The fourth-order valence-electron chi connectivity index (χ4n) is 2.87. The molecule has 1 heterocycles. The number of benzene rings is 2. The summed E-state index contributed by atoms with van der Waals surface area (Å²) >= 11 is 0. The van der Waals surface area contributed by atoms with Crippen molar-refractivity contribution in [1.82, 2.24) is 20.6 Å². The van der Waals surface area contributed by atoms with Gasteiger partial charge in [-0.05, 0) is 37.1 Å². The first-order chi connectivity index (χ1) is 12.2. The lowest BCUT2D eigenvalue weighted by Crippen LogP contribution is -2.38. The molecular formula is C20H26IN5. The molecule has 3 rings (SSSR count). The second-order valence-corrected chi connectivity index (χ2v) is 6.23. The second kappa shape index (κ2) is 9.56. The van der Waals surface area contributed by atoms with Crippen LogP contribution in [0, 0.1) is 13.8 Å². The number of para-hydroxylation sites is 2. The summed E-state index contributed by atoms with van der Waals surface area (Å²) in [4.78, 5) is 12.2.